The molecule has 2 atom stereocenters. The van der Waals surface area contributed by atoms with Crippen molar-refractivity contribution in [1.82, 2.24) is 14.7 Å². The molecule has 2 heterocycles. The second-order valence-corrected chi connectivity index (χ2v) is 5.56. The Labute approximate surface area is 115 Å². The molecule has 0 saturated carbocycles. The van der Waals surface area contributed by atoms with Crippen LogP contribution in [0.3, 0.4) is 0 Å². The fourth-order valence-corrected chi connectivity index (χ4v) is 3.33. The maximum atomic E-state index is 6.11. The van der Waals surface area contributed by atoms with Crippen LogP contribution >= 0.6 is 11.6 Å². The van der Waals surface area contributed by atoms with Crippen LogP contribution in [0.5, 0.6) is 0 Å². The van der Waals surface area contributed by atoms with Gasteiger partial charge in [0.2, 0.25) is 0 Å². The van der Waals surface area contributed by atoms with E-state index in [1.807, 2.05) is 0 Å². The second kappa shape index (κ2) is 6.07. The Balaban J connectivity index is 2.11. The molecule has 3 nitrogen and oxygen atoms in total. The average molecular weight is 270 g/mol. The van der Waals surface area contributed by atoms with Gasteiger partial charge in [0, 0.05) is 25.0 Å². The van der Waals surface area contributed by atoms with E-state index < -0.39 is 0 Å². The molecule has 18 heavy (non-hydrogen) atoms. The van der Waals surface area contributed by atoms with E-state index in [2.05, 4.69) is 41.5 Å². The molecule has 0 spiro atoms. The highest BCUT2D eigenvalue weighted by molar-refractivity contribution is 6.18. The summed E-state index contributed by atoms with van der Waals surface area (Å²) >= 11 is 6.11. The maximum absolute atomic E-state index is 6.11. The summed E-state index contributed by atoms with van der Waals surface area (Å²) in [6, 6.07) is 2.77. The van der Waals surface area contributed by atoms with Crippen molar-refractivity contribution in [2.24, 2.45) is 5.92 Å². The number of rotatable bonds is 5. The van der Waals surface area contributed by atoms with Crippen LogP contribution in [-0.4, -0.2) is 33.1 Å². The molecule has 0 bridgehead atoms. The van der Waals surface area contributed by atoms with Gasteiger partial charge in [-0.15, -0.1) is 11.6 Å². The van der Waals surface area contributed by atoms with Gasteiger partial charge in [-0.25, -0.2) is 0 Å². The summed E-state index contributed by atoms with van der Waals surface area (Å²) in [6.45, 7) is 9.72. The number of hydrogen-bond acceptors (Lipinski definition) is 2. The largest absolute Gasteiger partial charge is 0.293 e. The van der Waals surface area contributed by atoms with Gasteiger partial charge in [-0.3, -0.25) is 9.58 Å². The topological polar surface area (TPSA) is 21.1 Å². The average Bonchev–Trinajstić information content (AvgIpc) is 2.93. The molecule has 0 N–H and O–H groups in total. The zero-order valence-electron chi connectivity index (χ0n) is 11.7. The van der Waals surface area contributed by atoms with Gasteiger partial charge in [-0.05, 0) is 38.3 Å². The fourth-order valence-electron chi connectivity index (χ4n) is 2.83. The first kappa shape index (κ1) is 13.9. The van der Waals surface area contributed by atoms with Crippen molar-refractivity contribution in [2.75, 3.05) is 12.4 Å². The van der Waals surface area contributed by atoms with Crippen molar-refractivity contribution in [1.29, 1.82) is 0 Å². The Morgan fingerprint density at radius 1 is 1.44 bits per heavy atom. The summed E-state index contributed by atoms with van der Waals surface area (Å²) in [4.78, 5) is 2.51. The molecular formula is C14H24ClN3. The third kappa shape index (κ3) is 2.72. The number of alkyl halides is 1. The molecular weight excluding hydrogens is 246 g/mol. The van der Waals surface area contributed by atoms with Gasteiger partial charge in [-0.2, -0.15) is 5.10 Å². The molecule has 0 amide bonds. The molecule has 0 aliphatic carbocycles. The first-order chi connectivity index (χ1) is 8.69. The van der Waals surface area contributed by atoms with Gasteiger partial charge in [-0.1, -0.05) is 13.8 Å². The smallest absolute Gasteiger partial charge is 0.0625 e. The maximum Gasteiger partial charge on any atom is 0.0625 e. The minimum atomic E-state index is 0.525. The predicted molar refractivity (Wildman–Crippen MR) is 76.0 cm³/mol. The van der Waals surface area contributed by atoms with Crippen LogP contribution in [0, 0.1) is 5.92 Å². The molecule has 1 saturated heterocycles. The molecule has 1 aromatic rings. The number of aromatic nitrogens is 2. The van der Waals surface area contributed by atoms with E-state index in [1.165, 1.54) is 17.8 Å². The van der Waals surface area contributed by atoms with Gasteiger partial charge in [0.05, 0.1) is 11.4 Å². The molecule has 1 aliphatic heterocycles. The van der Waals surface area contributed by atoms with E-state index in [9.17, 15) is 0 Å². The first-order valence-corrected chi connectivity index (χ1v) is 7.58. The Bertz CT molecular complexity index is 388. The third-order valence-corrected chi connectivity index (χ3v) is 4.41. The van der Waals surface area contributed by atoms with E-state index in [4.69, 9.17) is 11.6 Å². The Kier molecular flexibility index (Phi) is 4.68. The monoisotopic (exact) mass is 269 g/mol. The highest BCUT2D eigenvalue weighted by atomic mass is 35.5. The summed E-state index contributed by atoms with van der Waals surface area (Å²) in [7, 11) is 0. The van der Waals surface area contributed by atoms with E-state index in [0.717, 1.165) is 31.9 Å². The van der Waals surface area contributed by atoms with Crippen LogP contribution in [-0.2, 0) is 19.5 Å². The number of halogens is 1. The number of hydrogen-bond donors (Lipinski definition) is 0. The lowest BCUT2D eigenvalue weighted by molar-refractivity contribution is 0.235. The van der Waals surface area contributed by atoms with Crippen LogP contribution in [0.2, 0.25) is 0 Å². The molecule has 2 rings (SSSR count). The minimum Gasteiger partial charge on any atom is -0.293 e. The normalized spacial score (nSPS) is 24.9. The summed E-state index contributed by atoms with van der Waals surface area (Å²) in [5.74, 6) is 1.45. The van der Waals surface area contributed by atoms with E-state index >= 15 is 0 Å². The van der Waals surface area contributed by atoms with Crippen molar-refractivity contribution >= 4 is 11.6 Å². The fraction of sp³-hybridized carbons (Fsp3) is 0.786. The van der Waals surface area contributed by atoms with Crippen LogP contribution < -0.4 is 0 Å². The van der Waals surface area contributed by atoms with Crippen LogP contribution in [0.15, 0.2) is 6.07 Å². The van der Waals surface area contributed by atoms with Crippen LogP contribution in [0.4, 0.5) is 0 Å². The number of aryl methyl sites for hydroxylation is 2. The SMILES string of the molecule is CCc1cc(CN2CCC(C)C2CCl)n(CC)n1. The Hall–Kier alpha value is -0.540. The minimum absolute atomic E-state index is 0.525. The van der Waals surface area contributed by atoms with Crippen molar-refractivity contribution in [2.45, 2.75) is 52.7 Å². The first-order valence-electron chi connectivity index (χ1n) is 7.05. The summed E-state index contributed by atoms with van der Waals surface area (Å²) in [5, 5.41) is 4.62. The molecule has 102 valence electrons. The Morgan fingerprint density at radius 2 is 2.22 bits per heavy atom. The lowest BCUT2D eigenvalue weighted by Gasteiger charge is -2.24. The molecule has 0 aromatic carbocycles. The standard InChI is InChI=1S/C14H24ClN3/c1-4-12-8-13(18(5-2)16-12)10-17-7-6-11(3)14(17)9-15/h8,11,14H,4-7,9-10H2,1-3H3. The zero-order chi connectivity index (χ0) is 13.1. The van der Waals surface area contributed by atoms with E-state index in [0.29, 0.717) is 12.0 Å². The molecule has 1 aliphatic rings. The number of nitrogens with zero attached hydrogens (tertiary/aromatic N) is 3. The van der Waals surface area contributed by atoms with Crippen molar-refractivity contribution in [3.05, 3.63) is 17.5 Å². The van der Waals surface area contributed by atoms with Crippen molar-refractivity contribution in [3.8, 4) is 0 Å². The van der Waals surface area contributed by atoms with Crippen molar-refractivity contribution in [3.63, 3.8) is 0 Å². The lowest BCUT2D eigenvalue weighted by atomic mass is 10.1. The summed E-state index contributed by atoms with van der Waals surface area (Å²) in [6.07, 6.45) is 2.27. The molecule has 1 fully saturated rings. The van der Waals surface area contributed by atoms with Gasteiger partial charge < -0.3 is 0 Å². The van der Waals surface area contributed by atoms with Gasteiger partial charge in [0.25, 0.3) is 0 Å². The highest BCUT2D eigenvalue weighted by Crippen LogP contribution is 2.26. The summed E-state index contributed by atoms with van der Waals surface area (Å²) < 4.78 is 2.13. The zero-order valence-corrected chi connectivity index (χ0v) is 12.5. The second-order valence-electron chi connectivity index (χ2n) is 5.25. The van der Waals surface area contributed by atoms with E-state index in [1.54, 1.807) is 0 Å². The van der Waals surface area contributed by atoms with Crippen LogP contribution in [0.1, 0.15) is 38.6 Å². The lowest BCUT2D eigenvalue weighted by Crippen LogP contribution is -2.33. The Morgan fingerprint density at radius 3 is 2.83 bits per heavy atom. The third-order valence-electron chi connectivity index (χ3n) is 4.10. The highest BCUT2D eigenvalue weighted by Gasteiger charge is 2.30. The quantitative estimate of drug-likeness (QED) is 0.767. The molecule has 4 heteroatoms. The van der Waals surface area contributed by atoms with Crippen LogP contribution in [0.25, 0.3) is 0 Å². The summed E-state index contributed by atoms with van der Waals surface area (Å²) in [5.41, 5.74) is 2.53. The molecule has 2 unspecified atom stereocenters. The molecule has 0 radical (unpaired) electrons. The van der Waals surface area contributed by atoms with E-state index in [-0.39, 0.29) is 0 Å². The number of likely N-dealkylation sites (tertiary alicyclic amines) is 1. The van der Waals surface area contributed by atoms with Crippen molar-refractivity contribution < 1.29 is 0 Å². The van der Waals surface area contributed by atoms with Gasteiger partial charge in [0.1, 0.15) is 0 Å². The molecule has 1 aromatic heterocycles. The van der Waals surface area contributed by atoms with Gasteiger partial charge in [0.15, 0.2) is 0 Å². The van der Waals surface area contributed by atoms with Gasteiger partial charge >= 0.3 is 0 Å². The predicted octanol–water partition coefficient (Wildman–Crippen LogP) is 2.91.